The maximum absolute atomic E-state index is 13.4. The molecule has 0 spiro atoms. The molecule has 326 valence electrons. The van der Waals surface area contributed by atoms with E-state index in [-0.39, 0.29) is 42.1 Å². The molecule has 1 atom stereocenters. The molecule has 4 aliphatic rings. The summed E-state index contributed by atoms with van der Waals surface area (Å²) in [7, 11) is 0. The lowest BCUT2D eigenvalue weighted by molar-refractivity contribution is -0.138. The zero-order chi connectivity index (χ0) is 44.0. The van der Waals surface area contributed by atoms with Crippen LogP contribution in [0.15, 0.2) is 84.9 Å². The number of nitrogens with zero attached hydrogens (tertiary/aromatic N) is 6. The quantitative estimate of drug-likeness (QED) is 0.159. The van der Waals surface area contributed by atoms with Gasteiger partial charge in [-0.25, -0.2) is 4.98 Å². The molecule has 0 bridgehead atoms. The van der Waals surface area contributed by atoms with Gasteiger partial charge in [-0.3, -0.25) is 49.0 Å². The second kappa shape index (κ2) is 17.0. The molecule has 3 fully saturated rings. The highest BCUT2D eigenvalue weighted by Gasteiger charge is 2.45. The SMILES string of the molecule is O=C1CCC(N2C(=O)c3ccc(N4CCC(CN5CCN(Cc6ccc7c(c6)nc(NC(=O)c6cccc(C(F)(F)F)c6)n7-c6ccc(CO)cc6)CC5)CC4)cc3C2=O)C(=O)N1. The Hall–Kier alpha value is -6.43. The number of carbonyl (C=O) groups excluding carboxylic acids is 5. The lowest BCUT2D eigenvalue weighted by atomic mass is 9.95. The summed E-state index contributed by atoms with van der Waals surface area (Å²) in [4.78, 5) is 76.8. The number of imidazole rings is 1. The minimum absolute atomic E-state index is 0.0720. The second-order valence-electron chi connectivity index (χ2n) is 16.6. The molecule has 5 aromatic rings. The number of halogens is 3. The van der Waals surface area contributed by atoms with E-state index in [9.17, 15) is 42.3 Å². The van der Waals surface area contributed by atoms with E-state index in [0.29, 0.717) is 34.7 Å². The molecule has 17 heteroatoms. The average molecular weight is 863 g/mol. The van der Waals surface area contributed by atoms with Crippen LogP contribution in [0.1, 0.15) is 73.4 Å². The second-order valence-corrected chi connectivity index (χ2v) is 16.6. The van der Waals surface area contributed by atoms with Crippen LogP contribution in [-0.4, -0.2) is 111 Å². The number of hydrogen-bond donors (Lipinski definition) is 3. The molecule has 0 saturated carbocycles. The normalized spacial score (nSPS) is 19.2. The van der Waals surface area contributed by atoms with Crippen LogP contribution in [0.4, 0.5) is 24.8 Å². The average Bonchev–Trinajstić information content (AvgIpc) is 3.76. The van der Waals surface area contributed by atoms with Gasteiger partial charge in [0, 0.05) is 75.7 Å². The Labute approximate surface area is 360 Å². The number of benzene rings is 4. The van der Waals surface area contributed by atoms with Crippen molar-refractivity contribution in [2.75, 3.05) is 56.0 Å². The summed E-state index contributed by atoms with van der Waals surface area (Å²) in [6.07, 6.45) is -2.46. The number of aromatic nitrogens is 2. The van der Waals surface area contributed by atoms with Crippen molar-refractivity contribution >= 4 is 52.2 Å². The van der Waals surface area contributed by atoms with Gasteiger partial charge in [0.05, 0.1) is 34.3 Å². The number of hydrogen-bond acceptors (Lipinski definition) is 10. The van der Waals surface area contributed by atoms with Gasteiger partial charge in [-0.2, -0.15) is 13.2 Å². The van der Waals surface area contributed by atoms with Crippen molar-refractivity contribution in [1.29, 1.82) is 0 Å². The number of amides is 5. The number of aliphatic hydroxyl groups is 1. The number of nitrogens with one attached hydrogen (secondary N) is 2. The molecule has 3 N–H and O–H groups in total. The zero-order valence-corrected chi connectivity index (χ0v) is 34.2. The minimum Gasteiger partial charge on any atom is -0.392 e. The van der Waals surface area contributed by atoms with Crippen LogP contribution in [0.25, 0.3) is 16.7 Å². The number of alkyl halides is 3. The predicted octanol–water partition coefficient (Wildman–Crippen LogP) is 5.22. The molecule has 63 heavy (non-hydrogen) atoms. The number of fused-ring (bicyclic) bond motifs is 2. The molecule has 3 saturated heterocycles. The van der Waals surface area contributed by atoms with Crippen LogP contribution >= 0.6 is 0 Å². The van der Waals surface area contributed by atoms with E-state index in [1.165, 1.54) is 12.1 Å². The van der Waals surface area contributed by atoms with Crippen LogP contribution in [0.2, 0.25) is 0 Å². The molecule has 4 aliphatic heterocycles. The molecule has 4 aromatic carbocycles. The first kappa shape index (κ1) is 41.9. The van der Waals surface area contributed by atoms with Gasteiger partial charge in [-0.1, -0.05) is 24.3 Å². The number of carbonyl (C=O) groups is 5. The Bertz CT molecular complexity index is 2610. The fraction of sp³-hybridized carbons (Fsp3) is 0.348. The van der Waals surface area contributed by atoms with Crippen LogP contribution in [-0.2, 0) is 28.9 Å². The molecular weight excluding hydrogens is 818 g/mol. The summed E-state index contributed by atoms with van der Waals surface area (Å²) >= 11 is 0. The summed E-state index contributed by atoms with van der Waals surface area (Å²) in [5, 5.41) is 14.6. The van der Waals surface area contributed by atoms with Gasteiger partial charge in [0.15, 0.2) is 0 Å². The predicted molar refractivity (Wildman–Crippen MR) is 226 cm³/mol. The van der Waals surface area contributed by atoms with E-state index >= 15 is 0 Å². The highest BCUT2D eigenvalue weighted by molar-refractivity contribution is 6.23. The number of piperidine rings is 2. The number of imide groups is 2. The first-order valence-electron chi connectivity index (χ1n) is 21.1. The van der Waals surface area contributed by atoms with Crippen LogP contribution in [0.5, 0.6) is 0 Å². The van der Waals surface area contributed by atoms with Gasteiger partial charge < -0.3 is 14.9 Å². The van der Waals surface area contributed by atoms with Gasteiger partial charge in [-0.15, -0.1) is 0 Å². The van der Waals surface area contributed by atoms with E-state index in [1.807, 2.05) is 24.3 Å². The number of rotatable bonds is 10. The van der Waals surface area contributed by atoms with Crippen molar-refractivity contribution in [3.8, 4) is 5.69 Å². The third-order valence-corrected chi connectivity index (χ3v) is 12.6. The van der Waals surface area contributed by atoms with E-state index < -0.39 is 47.3 Å². The van der Waals surface area contributed by atoms with E-state index in [4.69, 9.17) is 4.98 Å². The summed E-state index contributed by atoms with van der Waals surface area (Å²) in [6, 6.07) is 21.5. The Balaban J connectivity index is 0.803. The van der Waals surface area contributed by atoms with Crippen molar-refractivity contribution < 1.29 is 42.3 Å². The first-order chi connectivity index (χ1) is 30.3. The van der Waals surface area contributed by atoms with E-state index in [1.54, 1.807) is 41.0 Å². The molecule has 5 amide bonds. The monoisotopic (exact) mass is 862 g/mol. The van der Waals surface area contributed by atoms with Crippen molar-refractivity contribution in [2.45, 2.75) is 51.1 Å². The van der Waals surface area contributed by atoms with Gasteiger partial charge in [0.2, 0.25) is 17.8 Å². The summed E-state index contributed by atoms with van der Waals surface area (Å²) < 4.78 is 42.0. The Kier molecular flexibility index (Phi) is 11.3. The largest absolute Gasteiger partial charge is 0.416 e. The van der Waals surface area contributed by atoms with Gasteiger partial charge >= 0.3 is 6.18 Å². The summed E-state index contributed by atoms with van der Waals surface area (Å²) in [5.41, 5.74) is 4.03. The fourth-order valence-corrected chi connectivity index (χ4v) is 9.11. The number of aliphatic hydroxyl groups excluding tert-OH is 1. The van der Waals surface area contributed by atoms with Gasteiger partial charge in [0.25, 0.3) is 17.7 Å². The molecule has 0 aliphatic carbocycles. The Morgan fingerprint density at radius 2 is 1.48 bits per heavy atom. The maximum Gasteiger partial charge on any atom is 0.416 e. The molecule has 0 radical (unpaired) electrons. The van der Waals surface area contributed by atoms with Crippen LogP contribution < -0.4 is 15.5 Å². The summed E-state index contributed by atoms with van der Waals surface area (Å²) in [6.45, 7) is 6.72. The topological polar surface area (TPSA) is 160 Å². The highest BCUT2D eigenvalue weighted by Crippen LogP contribution is 2.34. The van der Waals surface area contributed by atoms with Gasteiger partial charge in [0.1, 0.15) is 6.04 Å². The lowest BCUT2D eigenvalue weighted by Gasteiger charge is -2.39. The van der Waals surface area contributed by atoms with Gasteiger partial charge in [-0.05, 0) is 97.0 Å². The molecule has 1 aromatic heterocycles. The molecular formula is C46H45F3N8O6. The Morgan fingerprint density at radius 3 is 2.19 bits per heavy atom. The van der Waals surface area contributed by atoms with E-state index in [0.717, 1.165) is 86.9 Å². The molecule has 14 nitrogen and oxygen atoms in total. The third-order valence-electron chi connectivity index (χ3n) is 12.6. The van der Waals surface area contributed by atoms with Crippen LogP contribution in [0.3, 0.4) is 0 Å². The minimum atomic E-state index is -4.60. The Morgan fingerprint density at radius 1 is 0.778 bits per heavy atom. The third kappa shape index (κ3) is 8.55. The van der Waals surface area contributed by atoms with Crippen LogP contribution in [0, 0.1) is 5.92 Å². The number of anilines is 2. The van der Waals surface area contributed by atoms with Crippen molar-refractivity contribution in [2.24, 2.45) is 5.92 Å². The first-order valence-corrected chi connectivity index (χ1v) is 21.1. The molecule has 5 heterocycles. The highest BCUT2D eigenvalue weighted by atomic mass is 19.4. The fourth-order valence-electron chi connectivity index (χ4n) is 9.11. The van der Waals surface area contributed by atoms with Crippen molar-refractivity contribution in [3.63, 3.8) is 0 Å². The van der Waals surface area contributed by atoms with Crippen molar-refractivity contribution in [1.82, 2.24) is 29.6 Å². The maximum atomic E-state index is 13.4. The van der Waals surface area contributed by atoms with Crippen molar-refractivity contribution in [3.05, 3.63) is 118 Å². The molecule has 1 unspecified atom stereocenters. The lowest BCUT2D eigenvalue weighted by Crippen LogP contribution is -2.54. The zero-order valence-electron chi connectivity index (χ0n) is 34.2. The standard InChI is InChI=1S/C46H45F3N8O6/c47-46(48,49)32-3-1-2-31(23-32)41(60)52-45-50-37-22-30(6-11-38(37)56(45)33-7-4-29(27-58)5-8-33)26-54-20-18-53(19-21-54)25-28-14-16-55(17-15-28)34-9-10-35-36(24-34)44(63)57(43(35)62)39-12-13-40(59)51-42(39)61/h1-11,22-24,28,39,58H,12-21,25-27H2,(H,50,52,60)(H,51,59,61). The summed E-state index contributed by atoms with van der Waals surface area (Å²) in [5.74, 6) is -2.12. The smallest absolute Gasteiger partial charge is 0.392 e. The molecule has 9 rings (SSSR count). The number of piperazine rings is 1. The van der Waals surface area contributed by atoms with E-state index in [2.05, 4.69) is 25.3 Å².